The molecule has 0 atom stereocenters. The van der Waals surface area contributed by atoms with Gasteiger partial charge in [0.25, 0.3) is 0 Å². The van der Waals surface area contributed by atoms with Gasteiger partial charge < -0.3 is 9.52 Å². The summed E-state index contributed by atoms with van der Waals surface area (Å²) in [6.07, 6.45) is 0. The van der Waals surface area contributed by atoms with Crippen molar-refractivity contribution in [1.29, 1.82) is 0 Å². The SMILES string of the molecule is CC(C)(O)c1oc(=O)ccc1-c1ccccc1. The van der Waals surface area contributed by atoms with Crippen molar-refractivity contribution in [3.63, 3.8) is 0 Å². The monoisotopic (exact) mass is 230 g/mol. The normalized spacial score (nSPS) is 11.5. The summed E-state index contributed by atoms with van der Waals surface area (Å²) in [5, 5.41) is 10.0. The van der Waals surface area contributed by atoms with Crippen LogP contribution in [0.3, 0.4) is 0 Å². The Labute approximate surface area is 99.3 Å². The standard InChI is InChI=1S/C14H14O3/c1-14(2,16)13-11(8-9-12(15)17-13)10-6-4-3-5-7-10/h3-9,16H,1-2H3. The summed E-state index contributed by atoms with van der Waals surface area (Å²) in [6.45, 7) is 3.19. The first-order chi connectivity index (χ1) is 7.98. The van der Waals surface area contributed by atoms with Crippen LogP contribution in [-0.2, 0) is 5.60 Å². The molecule has 0 aliphatic rings. The van der Waals surface area contributed by atoms with E-state index in [1.165, 1.54) is 6.07 Å². The Morgan fingerprint density at radius 3 is 2.29 bits per heavy atom. The fourth-order valence-electron chi connectivity index (χ4n) is 1.72. The molecule has 1 N–H and O–H groups in total. The Kier molecular flexibility index (Phi) is 2.86. The average molecular weight is 230 g/mol. The summed E-state index contributed by atoms with van der Waals surface area (Å²) >= 11 is 0. The quantitative estimate of drug-likeness (QED) is 0.862. The Hall–Kier alpha value is -1.87. The van der Waals surface area contributed by atoms with Crippen molar-refractivity contribution < 1.29 is 9.52 Å². The lowest BCUT2D eigenvalue weighted by molar-refractivity contribution is 0.0516. The van der Waals surface area contributed by atoms with Gasteiger partial charge in [0, 0.05) is 11.6 Å². The van der Waals surface area contributed by atoms with Crippen LogP contribution >= 0.6 is 0 Å². The molecular formula is C14H14O3. The van der Waals surface area contributed by atoms with Crippen LogP contribution in [0, 0.1) is 0 Å². The molecule has 88 valence electrons. The molecular weight excluding hydrogens is 216 g/mol. The van der Waals surface area contributed by atoms with E-state index < -0.39 is 11.2 Å². The number of benzene rings is 1. The average Bonchev–Trinajstić information content (AvgIpc) is 2.29. The highest BCUT2D eigenvalue weighted by Crippen LogP contribution is 2.30. The van der Waals surface area contributed by atoms with Crippen LogP contribution in [0.1, 0.15) is 19.6 Å². The Morgan fingerprint density at radius 1 is 1.06 bits per heavy atom. The third-order valence-corrected chi connectivity index (χ3v) is 2.47. The van der Waals surface area contributed by atoms with Gasteiger partial charge in [0.1, 0.15) is 11.4 Å². The fraction of sp³-hybridized carbons (Fsp3) is 0.214. The third kappa shape index (κ3) is 2.45. The van der Waals surface area contributed by atoms with E-state index in [1.807, 2.05) is 30.3 Å². The molecule has 1 heterocycles. The second-order valence-corrected chi connectivity index (χ2v) is 4.42. The molecule has 1 aromatic carbocycles. The van der Waals surface area contributed by atoms with Crippen molar-refractivity contribution in [2.45, 2.75) is 19.4 Å². The minimum absolute atomic E-state index is 0.288. The minimum atomic E-state index is -1.19. The van der Waals surface area contributed by atoms with E-state index in [-0.39, 0.29) is 5.76 Å². The van der Waals surface area contributed by atoms with E-state index in [0.29, 0.717) is 0 Å². The zero-order valence-electron chi connectivity index (χ0n) is 9.81. The highest BCUT2D eigenvalue weighted by molar-refractivity contribution is 5.65. The second kappa shape index (κ2) is 4.18. The van der Waals surface area contributed by atoms with Crippen LogP contribution in [-0.4, -0.2) is 5.11 Å². The summed E-state index contributed by atoms with van der Waals surface area (Å²) in [4.78, 5) is 11.2. The molecule has 2 aromatic rings. The number of hydrogen-bond acceptors (Lipinski definition) is 3. The Morgan fingerprint density at radius 2 is 1.71 bits per heavy atom. The molecule has 0 unspecified atom stereocenters. The Bertz CT molecular complexity index is 562. The molecule has 0 aliphatic carbocycles. The number of aliphatic hydroxyl groups is 1. The van der Waals surface area contributed by atoms with E-state index in [2.05, 4.69) is 0 Å². The third-order valence-electron chi connectivity index (χ3n) is 2.47. The van der Waals surface area contributed by atoms with Crippen molar-refractivity contribution in [1.82, 2.24) is 0 Å². The topological polar surface area (TPSA) is 50.4 Å². The lowest BCUT2D eigenvalue weighted by Gasteiger charge is -2.19. The summed E-state index contributed by atoms with van der Waals surface area (Å²) in [5.74, 6) is 0.288. The molecule has 0 amide bonds. The molecule has 0 saturated heterocycles. The van der Waals surface area contributed by atoms with Gasteiger partial charge in [0.05, 0.1) is 0 Å². The molecule has 17 heavy (non-hydrogen) atoms. The van der Waals surface area contributed by atoms with Crippen LogP contribution in [0.2, 0.25) is 0 Å². The molecule has 3 nitrogen and oxygen atoms in total. The molecule has 0 bridgehead atoms. The molecule has 0 radical (unpaired) electrons. The number of rotatable bonds is 2. The first-order valence-electron chi connectivity index (χ1n) is 5.41. The van der Waals surface area contributed by atoms with E-state index in [4.69, 9.17) is 4.42 Å². The molecule has 3 heteroatoms. The van der Waals surface area contributed by atoms with E-state index in [0.717, 1.165) is 11.1 Å². The van der Waals surface area contributed by atoms with Gasteiger partial charge in [-0.15, -0.1) is 0 Å². The first-order valence-corrected chi connectivity index (χ1v) is 5.41. The van der Waals surface area contributed by atoms with Crippen LogP contribution in [0.15, 0.2) is 51.7 Å². The first kappa shape index (κ1) is 11.6. The maximum Gasteiger partial charge on any atom is 0.335 e. The van der Waals surface area contributed by atoms with E-state index >= 15 is 0 Å². The largest absolute Gasteiger partial charge is 0.424 e. The van der Waals surface area contributed by atoms with Crippen molar-refractivity contribution in [2.24, 2.45) is 0 Å². The zero-order valence-corrected chi connectivity index (χ0v) is 9.81. The van der Waals surface area contributed by atoms with Crippen LogP contribution < -0.4 is 5.63 Å². The van der Waals surface area contributed by atoms with E-state index in [9.17, 15) is 9.90 Å². The highest BCUT2D eigenvalue weighted by Gasteiger charge is 2.24. The summed E-state index contributed by atoms with van der Waals surface area (Å²) < 4.78 is 5.12. The van der Waals surface area contributed by atoms with Gasteiger partial charge in [0.15, 0.2) is 0 Å². The molecule has 0 fully saturated rings. The van der Waals surface area contributed by atoms with Gasteiger partial charge >= 0.3 is 5.63 Å². The maximum atomic E-state index is 11.2. The predicted octanol–water partition coefficient (Wildman–Crippen LogP) is 2.53. The Balaban J connectivity index is 2.67. The van der Waals surface area contributed by atoms with Gasteiger partial charge in [-0.1, -0.05) is 30.3 Å². The lowest BCUT2D eigenvalue weighted by atomic mass is 9.96. The fourth-order valence-corrected chi connectivity index (χ4v) is 1.72. The van der Waals surface area contributed by atoms with Crippen LogP contribution in [0.25, 0.3) is 11.1 Å². The van der Waals surface area contributed by atoms with Crippen molar-refractivity contribution >= 4 is 0 Å². The molecule has 0 spiro atoms. The van der Waals surface area contributed by atoms with Gasteiger partial charge in [-0.05, 0) is 25.5 Å². The molecule has 2 rings (SSSR count). The van der Waals surface area contributed by atoms with Crippen LogP contribution in [0.4, 0.5) is 0 Å². The van der Waals surface area contributed by atoms with Gasteiger partial charge in [-0.3, -0.25) is 0 Å². The second-order valence-electron chi connectivity index (χ2n) is 4.42. The lowest BCUT2D eigenvalue weighted by Crippen LogP contribution is -2.19. The number of hydrogen-bond donors (Lipinski definition) is 1. The van der Waals surface area contributed by atoms with Gasteiger partial charge in [-0.25, -0.2) is 4.79 Å². The van der Waals surface area contributed by atoms with Crippen LogP contribution in [0.5, 0.6) is 0 Å². The van der Waals surface area contributed by atoms with E-state index in [1.54, 1.807) is 19.9 Å². The molecule has 0 saturated carbocycles. The predicted molar refractivity (Wildman–Crippen MR) is 65.7 cm³/mol. The minimum Gasteiger partial charge on any atom is -0.424 e. The van der Waals surface area contributed by atoms with Gasteiger partial charge in [-0.2, -0.15) is 0 Å². The smallest absolute Gasteiger partial charge is 0.335 e. The van der Waals surface area contributed by atoms with Crippen molar-refractivity contribution in [3.05, 3.63) is 58.6 Å². The molecule has 1 aromatic heterocycles. The summed E-state index contributed by atoms with van der Waals surface area (Å²) in [5.41, 5.74) is -0.00104. The van der Waals surface area contributed by atoms with Crippen molar-refractivity contribution in [2.75, 3.05) is 0 Å². The molecule has 0 aliphatic heterocycles. The van der Waals surface area contributed by atoms with Crippen molar-refractivity contribution in [3.8, 4) is 11.1 Å². The zero-order chi connectivity index (χ0) is 12.5. The van der Waals surface area contributed by atoms with Gasteiger partial charge in [0.2, 0.25) is 0 Å². The highest BCUT2D eigenvalue weighted by atomic mass is 16.4. The summed E-state index contributed by atoms with van der Waals surface area (Å²) in [6, 6.07) is 12.6. The maximum absolute atomic E-state index is 11.2. The summed E-state index contributed by atoms with van der Waals surface area (Å²) in [7, 11) is 0.